The second-order valence-electron chi connectivity index (χ2n) is 8.01. The standard InChI is InChI=1S/C24H30N4O2S/c1-16(2)13-18-9-11-19(12-10-18)17(3)25-22(29)15-31-24-27-26-23(28(24)4)20-7-6-8-21(14-20)30-5/h6-12,14,16-17H,13,15H2,1-5H3,(H,25,29). The number of aromatic nitrogens is 3. The van der Waals surface area contributed by atoms with Gasteiger partial charge in [-0.25, -0.2) is 0 Å². The van der Waals surface area contributed by atoms with Crippen LogP contribution < -0.4 is 10.1 Å². The highest BCUT2D eigenvalue weighted by molar-refractivity contribution is 7.99. The van der Waals surface area contributed by atoms with Gasteiger partial charge in [-0.3, -0.25) is 4.79 Å². The topological polar surface area (TPSA) is 69.0 Å². The van der Waals surface area contributed by atoms with Crippen LogP contribution in [0.15, 0.2) is 53.7 Å². The summed E-state index contributed by atoms with van der Waals surface area (Å²) in [5.41, 5.74) is 3.34. The van der Waals surface area contributed by atoms with Gasteiger partial charge in [0.15, 0.2) is 11.0 Å². The molecule has 1 amide bonds. The van der Waals surface area contributed by atoms with E-state index in [-0.39, 0.29) is 17.7 Å². The SMILES string of the molecule is COc1cccc(-c2nnc(SCC(=O)NC(C)c3ccc(CC(C)C)cc3)n2C)c1. The van der Waals surface area contributed by atoms with Gasteiger partial charge in [0.2, 0.25) is 5.91 Å². The first kappa shape index (κ1) is 22.9. The van der Waals surface area contributed by atoms with Crippen LogP contribution in [0.1, 0.15) is 37.9 Å². The molecule has 6 nitrogen and oxygen atoms in total. The molecule has 0 fully saturated rings. The van der Waals surface area contributed by atoms with Crippen LogP contribution in [0.3, 0.4) is 0 Å². The number of benzene rings is 2. The van der Waals surface area contributed by atoms with E-state index in [0.717, 1.165) is 29.1 Å². The second-order valence-corrected chi connectivity index (χ2v) is 8.96. The van der Waals surface area contributed by atoms with Gasteiger partial charge in [0.25, 0.3) is 0 Å². The van der Waals surface area contributed by atoms with Gasteiger partial charge in [0.1, 0.15) is 5.75 Å². The Balaban J connectivity index is 1.56. The number of hydrogen-bond acceptors (Lipinski definition) is 5. The first-order chi connectivity index (χ1) is 14.9. The van der Waals surface area contributed by atoms with Crippen molar-refractivity contribution < 1.29 is 9.53 Å². The van der Waals surface area contributed by atoms with Crippen molar-refractivity contribution in [3.63, 3.8) is 0 Å². The number of carbonyl (C=O) groups is 1. The fraction of sp³-hybridized carbons (Fsp3) is 0.375. The Kier molecular flexibility index (Phi) is 7.74. The van der Waals surface area contributed by atoms with E-state index in [0.29, 0.717) is 11.1 Å². The molecule has 1 atom stereocenters. The highest BCUT2D eigenvalue weighted by Crippen LogP contribution is 2.25. The molecule has 31 heavy (non-hydrogen) atoms. The van der Waals surface area contributed by atoms with Crippen LogP contribution in [0.5, 0.6) is 5.75 Å². The maximum absolute atomic E-state index is 12.5. The minimum absolute atomic E-state index is 0.0327. The molecule has 0 aliphatic rings. The summed E-state index contributed by atoms with van der Waals surface area (Å²) >= 11 is 1.37. The van der Waals surface area contributed by atoms with Crippen molar-refractivity contribution >= 4 is 17.7 Å². The molecule has 3 aromatic rings. The fourth-order valence-electron chi connectivity index (χ4n) is 3.36. The summed E-state index contributed by atoms with van der Waals surface area (Å²) in [5.74, 6) is 2.37. The summed E-state index contributed by atoms with van der Waals surface area (Å²) in [5, 5.41) is 12.3. The molecular formula is C24H30N4O2S. The lowest BCUT2D eigenvalue weighted by molar-refractivity contribution is -0.119. The fourth-order valence-corrected chi connectivity index (χ4v) is 4.09. The van der Waals surface area contributed by atoms with E-state index >= 15 is 0 Å². The molecule has 1 aromatic heterocycles. The maximum atomic E-state index is 12.5. The number of amides is 1. The van der Waals surface area contributed by atoms with E-state index in [4.69, 9.17) is 4.74 Å². The van der Waals surface area contributed by atoms with Crippen molar-refractivity contribution in [1.29, 1.82) is 0 Å². The molecule has 2 aromatic carbocycles. The van der Waals surface area contributed by atoms with Crippen LogP contribution in [0.25, 0.3) is 11.4 Å². The first-order valence-electron chi connectivity index (χ1n) is 10.4. The number of ether oxygens (including phenoxy) is 1. The van der Waals surface area contributed by atoms with E-state index < -0.39 is 0 Å². The minimum atomic E-state index is -0.0481. The van der Waals surface area contributed by atoms with Gasteiger partial charge in [-0.1, -0.05) is 62.0 Å². The van der Waals surface area contributed by atoms with Crippen LogP contribution in [0, 0.1) is 5.92 Å². The van der Waals surface area contributed by atoms with Gasteiger partial charge in [0.05, 0.1) is 18.9 Å². The summed E-state index contributed by atoms with van der Waals surface area (Å²) in [4.78, 5) is 12.5. The van der Waals surface area contributed by atoms with Gasteiger partial charge >= 0.3 is 0 Å². The molecule has 0 saturated carbocycles. The van der Waals surface area contributed by atoms with Crippen molar-refractivity contribution in [2.45, 2.75) is 38.4 Å². The summed E-state index contributed by atoms with van der Waals surface area (Å²) < 4.78 is 7.18. The predicted molar refractivity (Wildman–Crippen MR) is 125 cm³/mol. The Labute approximate surface area is 188 Å². The van der Waals surface area contributed by atoms with Crippen LogP contribution in [-0.4, -0.2) is 33.5 Å². The Morgan fingerprint density at radius 3 is 2.55 bits per heavy atom. The zero-order valence-corrected chi connectivity index (χ0v) is 19.6. The lowest BCUT2D eigenvalue weighted by Crippen LogP contribution is -2.28. The van der Waals surface area contributed by atoms with Gasteiger partial charge < -0.3 is 14.6 Å². The van der Waals surface area contributed by atoms with Gasteiger partial charge in [-0.05, 0) is 42.5 Å². The molecule has 3 rings (SSSR count). The monoisotopic (exact) mass is 438 g/mol. The van der Waals surface area contributed by atoms with Crippen LogP contribution in [0.4, 0.5) is 0 Å². The zero-order chi connectivity index (χ0) is 22.4. The number of nitrogens with one attached hydrogen (secondary N) is 1. The maximum Gasteiger partial charge on any atom is 0.230 e. The third-order valence-electron chi connectivity index (χ3n) is 5.00. The highest BCUT2D eigenvalue weighted by Gasteiger charge is 2.15. The quantitative estimate of drug-likeness (QED) is 0.492. The number of carbonyl (C=O) groups excluding carboxylic acids is 1. The number of methoxy groups -OCH3 is 1. The number of nitrogens with zero attached hydrogens (tertiary/aromatic N) is 3. The normalized spacial score (nSPS) is 12.1. The number of rotatable bonds is 9. The van der Waals surface area contributed by atoms with E-state index in [9.17, 15) is 4.79 Å². The average molecular weight is 439 g/mol. The van der Waals surface area contributed by atoms with Gasteiger partial charge in [0, 0.05) is 12.6 Å². The molecule has 0 spiro atoms. The van der Waals surface area contributed by atoms with E-state index in [1.54, 1.807) is 7.11 Å². The summed E-state index contributed by atoms with van der Waals surface area (Å²) in [6.45, 7) is 6.43. The van der Waals surface area contributed by atoms with Crippen molar-refractivity contribution in [3.05, 3.63) is 59.7 Å². The smallest absolute Gasteiger partial charge is 0.230 e. The third kappa shape index (κ3) is 6.10. The molecule has 7 heteroatoms. The highest BCUT2D eigenvalue weighted by atomic mass is 32.2. The third-order valence-corrected chi connectivity index (χ3v) is 6.02. The van der Waals surface area contributed by atoms with Gasteiger partial charge in [-0.2, -0.15) is 0 Å². The van der Waals surface area contributed by atoms with Crippen LogP contribution in [-0.2, 0) is 18.3 Å². The number of hydrogen-bond donors (Lipinski definition) is 1. The van der Waals surface area contributed by atoms with Crippen LogP contribution in [0.2, 0.25) is 0 Å². The lowest BCUT2D eigenvalue weighted by atomic mass is 10.00. The summed E-state index contributed by atoms with van der Waals surface area (Å²) in [7, 11) is 3.53. The van der Waals surface area contributed by atoms with Crippen molar-refractivity contribution in [1.82, 2.24) is 20.1 Å². The van der Waals surface area contributed by atoms with Crippen molar-refractivity contribution in [2.24, 2.45) is 13.0 Å². The van der Waals surface area contributed by atoms with E-state index in [2.05, 4.69) is 53.6 Å². The molecule has 0 bridgehead atoms. The molecule has 0 saturated heterocycles. The lowest BCUT2D eigenvalue weighted by Gasteiger charge is -2.15. The van der Waals surface area contributed by atoms with Crippen molar-refractivity contribution in [2.75, 3.05) is 12.9 Å². The Morgan fingerprint density at radius 1 is 1.13 bits per heavy atom. The van der Waals surface area contributed by atoms with E-state index in [1.807, 2.05) is 42.8 Å². The average Bonchev–Trinajstić information content (AvgIpc) is 3.12. The molecule has 0 radical (unpaired) electrons. The van der Waals surface area contributed by atoms with E-state index in [1.165, 1.54) is 17.3 Å². The Bertz CT molecular complexity index is 1010. The minimum Gasteiger partial charge on any atom is -0.497 e. The van der Waals surface area contributed by atoms with Crippen molar-refractivity contribution in [3.8, 4) is 17.1 Å². The van der Waals surface area contributed by atoms with Gasteiger partial charge in [-0.15, -0.1) is 10.2 Å². The predicted octanol–water partition coefficient (Wildman–Crippen LogP) is 4.66. The molecular weight excluding hydrogens is 408 g/mol. The van der Waals surface area contributed by atoms with Crippen LogP contribution >= 0.6 is 11.8 Å². The second kappa shape index (κ2) is 10.5. The number of thioether (sulfide) groups is 1. The molecule has 0 aliphatic carbocycles. The zero-order valence-electron chi connectivity index (χ0n) is 18.8. The Morgan fingerprint density at radius 2 is 1.87 bits per heavy atom. The molecule has 0 aliphatic heterocycles. The molecule has 1 heterocycles. The Hall–Kier alpha value is -2.80. The summed E-state index contributed by atoms with van der Waals surface area (Å²) in [6, 6.07) is 16.1. The first-order valence-corrected chi connectivity index (χ1v) is 11.4. The summed E-state index contributed by atoms with van der Waals surface area (Å²) in [6.07, 6.45) is 1.06. The molecule has 1 N–H and O–H groups in total. The largest absolute Gasteiger partial charge is 0.497 e. The molecule has 1 unspecified atom stereocenters. The molecule has 164 valence electrons.